The molecular weight excluding hydrogens is 369 g/mol. The first-order valence-electron chi connectivity index (χ1n) is 9.00. The van der Waals surface area contributed by atoms with E-state index in [2.05, 4.69) is 0 Å². The number of ketones is 1. The number of halogens is 3. The van der Waals surface area contributed by atoms with E-state index >= 15 is 0 Å². The summed E-state index contributed by atoms with van der Waals surface area (Å²) in [6, 6.07) is 9.72. The summed E-state index contributed by atoms with van der Waals surface area (Å²) in [5.41, 5.74) is 3.37. The Morgan fingerprint density at radius 1 is 1.25 bits per heavy atom. The van der Waals surface area contributed by atoms with Gasteiger partial charge >= 0.3 is 6.18 Å². The highest BCUT2D eigenvalue weighted by Crippen LogP contribution is 2.36. The maximum atomic E-state index is 13.0. The molecule has 6 heteroatoms. The van der Waals surface area contributed by atoms with Crippen LogP contribution in [0.3, 0.4) is 0 Å². The van der Waals surface area contributed by atoms with E-state index in [4.69, 9.17) is 9.84 Å². The molecule has 3 nitrogen and oxygen atoms in total. The van der Waals surface area contributed by atoms with Gasteiger partial charge in [0.25, 0.3) is 0 Å². The monoisotopic (exact) mass is 390 g/mol. The van der Waals surface area contributed by atoms with Crippen molar-refractivity contribution in [3.8, 4) is 0 Å². The second kappa shape index (κ2) is 8.29. The molecule has 0 saturated heterocycles. The summed E-state index contributed by atoms with van der Waals surface area (Å²) >= 11 is 0. The van der Waals surface area contributed by atoms with E-state index in [1.54, 1.807) is 19.1 Å². The van der Waals surface area contributed by atoms with Gasteiger partial charge < -0.3 is 9.84 Å². The molecule has 0 fully saturated rings. The maximum Gasteiger partial charge on any atom is 0.416 e. The van der Waals surface area contributed by atoms with E-state index in [1.165, 1.54) is 6.08 Å². The van der Waals surface area contributed by atoms with Gasteiger partial charge in [0.2, 0.25) is 0 Å². The molecule has 0 aromatic heterocycles. The van der Waals surface area contributed by atoms with Crippen LogP contribution >= 0.6 is 0 Å². The zero-order chi connectivity index (χ0) is 20.3. The van der Waals surface area contributed by atoms with Crippen LogP contribution in [0.15, 0.2) is 42.5 Å². The summed E-state index contributed by atoms with van der Waals surface area (Å²) in [4.78, 5) is 11.2. The van der Waals surface area contributed by atoms with Crippen molar-refractivity contribution < 1.29 is 27.8 Å². The molecule has 1 aliphatic carbocycles. The highest BCUT2D eigenvalue weighted by molar-refractivity contribution is 5.94. The zero-order valence-corrected chi connectivity index (χ0v) is 15.4. The minimum atomic E-state index is -4.37. The molecule has 1 aliphatic rings. The Labute approximate surface area is 161 Å². The number of carbonyl (C=O) groups is 1. The molecule has 0 saturated carbocycles. The lowest BCUT2D eigenvalue weighted by molar-refractivity contribution is -0.137. The van der Waals surface area contributed by atoms with E-state index in [0.717, 1.165) is 41.7 Å². The molecule has 3 rings (SSSR count). The molecule has 0 spiro atoms. The Hall–Kier alpha value is -2.44. The first kappa shape index (κ1) is 20.3. The van der Waals surface area contributed by atoms with Crippen molar-refractivity contribution in [1.29, 1.82) is 0 Å². The Kier molecular flexibility index (Phi) is 6.01. The Morgan fingerprint density at radius 2 is 2.04 bits per heavy atom. The molecule has 28 heavy (non-hydrogen) atoms. The first-order valence-corrected chi connectivity index (χ1v) is 9.00. The fraction of sp³-hybridized carbons (Fsp3) is 0.318. The predicted octanol–water partition coefficient (Wildman–Crippen LogP) is 4.79. The van der Waals surface area contributed by atoms with Crippen LogP contribution in [0.4, 0.5) is 13.2 Å². The topological polar surface area (TPSA) is 46.5 Å². The van der Waals surface area contributed by atoms with Crippen molar-refractivity contribution >= 4 is 11.9 Å². The number of aryl methyl sites for hydroxylation is 2. The number of hydrogen-bond donors (Lipinski definition) is 1. The minimum absolute atomic E-state index is 0.113. The van der Waals surface area contributed by atoms with Crippen LogP contribution in [0.1, 0.15) is 45.9 Å². The van der Waals surface area contributed by atoms with Crippen LogP contribution < -0.4 is 0 Å². The number of aliphatic hydroxyl groups excluding tert-OH is 1. The van der Waals surface area contributed by atoms with Crippen molar-refractivity contribution in [2.24, 2.45) is 0 Å². The number of hydrogen-bond acceptors (Lipinski definition) is 3. The number of rotatable bonds is 6. The molecule has 2 aromatic rings. The average Bonchev–Trinajstić information content (AvgIpc) is 3.05. The van der Waals surface area contributed by atoms with Crippen LogP contribution in [0.5, 0.6) is 0 Å². The van der Waals surface area contributed by atoms with Crippen molar-refractivity contribution in [3.63, 3.8) is 0 Å². The normalized spacial score (nSPS) is 16.5. The third-order valence-corrected chi connectivity index (χ3v) is 4.72. The highest BCUT2D eigenvalue weighted by atomic mass is 19.4. The molecule has 1 atom stereocenters. The Morgan fingerprint density at radius 3 is 2.75 bits per heavy atom. The molecule has 1 N–H and O–H groups in total. The second-order valence-corrected chi connectivity index (χ2v) is 6.96. The third-order valence-electron chi connectivity index (χ3n) is 4.72. The van der Waals surface area contributed by atoms with Crippen molar-refractivity contribution in [3.05, 3.63) is 75.9 Å². The third kappa shape index (κ3) is 4.88. The van der Waals surface area contributed by atoms with Gasteiger partial charge in [-0.25, -0.2) is 0 Å². The van der Waals surface area contributed by atoms with Gasteiger partial charge in [-0.3, -0.25) is 4.79 Å². The van der Waals surface area contributed by atoms with E-state index in [9.17, 15) is 18.0 Å². The number of alkyl halides is 3. The summed E-state index contributed by atoms with van der Waals surface area (Å²) < 4.78 is 44.9. The molecule has 0 radical (unpaired) electrons. The van der Waals surface area contributed by atoms with Crippen molar-refractivity contribution in [2.75, 3.05) is 6.61 Å². The van der Waals surface area contributed by atoms with Gasteiger partial charge in [-0.2, -0.15) is 13.2 Å². The van der Waals surface area contributed by atoms with E-state index in [-0.39, 0.29) is 18.5 Å². The molecule has 0 amide bonds. The van der Waals surface area contributed by atoms with E-state index in [1.807, 2.05) is 18.2 Å². The molecular formula is C22H21F3O3. The fourth-order valence-electron chi connectivity index (χ4n) is 3.42. The van der Waals surface area contributed by atoms with Gasteiger partial charge in [0.1, 0.15) is 6.61 Å². The van der Waals surface area contributed by atoms with Crippen LogP contribution in [0.25, 0.3) is 6.08 Å². The van der Waals surface area contributed by atoms with E-state index < -0.39 is 18.3 Å². The molecule has 2 aromatic carbocycles. The molecule has 1 unspecified atom stereocenters. The molecule has 0 heterocycles. The van der Waals surface area contributed by atoms with Crippen LogP contribution in [0, 0.1) is 6.92 Å². The first-order chi connectivity index (χ1) is 13.3. The smallest absolute Gasteiger partial charge is 0.388 e. The van der Waals surface area contributed by atoms with Gasteiger partial charge in [-0.1, -0.05) is 35.9 Å². The molecule has 0 aliphatic heterocycles. The van der Waals surface area contributed by atoms with E-state index in [0.29, 0.717) is 11.1 Å². The lowest BCUT2D eigenvalue weighted by Crippen LogP contribution is -2.07. The maximum absolute atomic E-state index is 13.0. The van der Waals surface area contributed by atoms with Gasteiger partial charge in [0.15, 0.2) is 5.78 Å². The summed E-state index contributed by atoms with van der Waals surface area (Å²) in [5, 5.41) is 8.75. The van der Waals surface area contributed by atoms with Crippen LogP contribution in [0.2, 0.25) is 0 Å². The highest BCUT2D eigenvalue weighted by Gasteiger charge is 2.31. The number of aliphatic hydroxyl groups is 1. The van der Waals surface area contributed by atoms with Gasteiger partial charge in [-0.15, -0.1) is 0 Å². The van der Waals surface area contributed by atoms with Gasteiger partial charge in [-0.05, 0) is 60.2 Å². The SMILES string of the molecule is Cc1cc(COC2CCc3cc(/C=C/C(=O)CO)ccc32)cc(C(F)(F)F)c1. The molecule has 148 valence electrons. The second-order valence-electron chi connectivity index (χ2n) is 6.96. The Balaban J connectivity index is 1.69. The van der Waals surface area contributed by atoms with Crippen LogP contribution in [-0.2, 0) is 28.7 Å². The standard InChI is InChI=1S/C22H21F3O3/c1-14-8-16(11-18(9-14)22(23,24)25)13-28-21-7-4-17-10-15(3-6-20(17)21)2-5-19(27)12-26/h2-3,5-6,8-11,21,26H,4,7,12-13H2,1H3/b5-2+. The Bertz CT molecular complexity index is 900. The molecule has 0 bridgehead atoms. The summed E-state index contributed by atoms with van der Waals surface area (Å²) in [6.07, 6.45) is 0.0101. The van der Waals surface area contributed by atoms with Crippen molar-refractivity contribution in [1.82, 2.24) is 0 Å². The lowest BCUT2D eigenvalue weighted by atomic mass is 10.0. The summed E-state index contributed by atoms with van der Waals surface area (Å²) in [7, 11) is 0. The zero-order valence-electron chi connectivity index (χ0n) is 15.4. The number of ether oxygens (including phenoxy) is 1. The quantitative estimate of drug-likeness (QED) is 0.722. The minimum Gasteiger partial charge on any atom is -0.388 e. The van der Waals surface area contributed by atoms with Crippen LogP contribution in [-0.4, -0.2) is 17.5 Å². The summed E-state index contributed by atoms with van der Waals surface area (Å²) in [5.74, 6) is -0.363. The number of benzene rings is 2. The van der Waals surface area contributed by atoms with Crippen molar-refractivity contribution in [2.45, 2.75) is 38.7 Å². The van der Waals surface area contributed by atoms with Gasteiger partial charge in [0, 0.05) is 0 Å². The summed E-state index contributed by atoms with van der Waals surface area (Å²) in [6.45, 7) is 1.23. The lowest BCUT2D eigenvalue weighted by Gasteiger charge is -2.15. The largest absolute Gasteiger partial charge is 0.416 e. The average molecular weight is 390 g/mol. The fourth-order valence-corrected chi connectivity index (χ4v) is 3.42. The predicted molar refractivity (Wildman–Crippen MR) is 99.6 cm³/mol. The number of fused-ring (bicyclic) bond motifs is 1. The number of carbonyl (C=O) groups excluding carboxylic acids is 1. The van der Waals surface area contributed by atoms with Gasteiger partial charge in [0.05, 0.1) is 18.3 Å².